The summed E-state index contributed by atoms with van der Waals surface area (Å²) in [6.07, 6.45) is 2.50. The highest BCUT2D eigenvalue weighted by Crippen LogP contribution is 2.38. The number of halogens is 1. The molecule has 2 bridgehead atoms. The van der Waals surface area contributed by atoms with Crippen LogP contribution in [0.15, 0.2) is 84.9 Å². The van der Waals surface area contributed by atoms with Crippen molar-refractivity contribution in [3.63, 3.8) is 0 Å². The van der Waals surface area contributed by atoms with Gasteiger partial charge in [0, 0.05) is 44.2 Å². The lowest BCUT2D eigenvalue weighted by molar-refractivity contribution is -0.00557. The molecule has 172 valence electrons. The summed E-state index contributed by atoms with van der Waals surface area (Å²) < 4.78 is 13.2. The summed E-state index contributed by atoms with van der Waals surface area (Å²) in [5.41, 5.74) is 3.60. The lowest BCUT2D eigenvalue weighted by Crippen LogP contribution is -2.60. The minimum Gasteiger partial charge on any atom is -0.388 e. The fourth-order valence-corrected chi connectivity index (χ4v) is 5.81. The van der Waals surface area contributed by atoms with E-state index in [4.69, 9.17) is 0 Å². The van der Waals surface area contributed by atoms with E-state index in [0.717, 1.165) is 31.7 Å². The van der Waals surface area contributed by atoms with Crippen molar-refractivity contribution < 1.29 is 9.50 Å². The van der Waals surface area contributed by atoms with Crippen molar-refractivity contribution in [1.82, 2.24) is 9.80 Å². The van der Waals surface area contributed by atoms with Gasteiger partial charge in [0.25, 0.3) is 0 Å². The zero-order chi connectivity index (χ0) is 22.6. The molecule has 4 heteroatoms. The minimum absolute atomic E-state index is 0.261. The van der Waals surface area contributed by atoms with Gasteiger partial charge in [-0.2, -0.15) is 0 Å². The van der Waals surface area contributed by atoms with Gasteiger partial charge >= 0.3 is 0 Å². The second-order valence-corrected chi connectivity index (χ2v) is 9.48. The highest BCUT2D eigenvalue weighted by Gasteiger charge is 2.39. The third kappa shape index (κ3) is 5.03. The number of fused-ring (bicyclic) bond motifs is 2. The molecular formula is C29H33FN2O. The second-order valence-electron chi connectivity index (χ2n) is 9.48. The Labute approximate surface area is 196 Å². The molecule has 2 aliphatic rings. The predicted molar refractivity (Wildman–Crippen MR) is 131 cm³/mol. The van der Waals surface area contributed by atoms with Crippen molar-refractivity contribution in [2.24, 2.45) is 0 Å². The average Bonchev–Trinajstić information content (AvgIpc) is 2.87. The van der Waals surface area contributed by atoms with Gasteiger partial charge in [0.15, 0.2) is 0 Å². The van der Waals surface area contributed by atoms with Crippen LogP contribution < -0.4 is 0 Å². The fourth-order valence-electron chi connectivity index (χ4n) is 5.81. The highest BCUT2D eigenvalue weighted by molar-refractivity contribution is 5.35. The van der Waals surface area contributed by atoms with E-state index < -0.39 is 6.10 Å². The molecule has 4 atom stereocenters. The van der Waals surface area contributed by atoms with Crippen LogP contribution in [0.5, 0.6) is 0 Å². The normalized spacial score (nSPS) is 24.0. The van der Waals surface area contributed by atoms with Gasteiger partial charge in [0.2, 0.25) is 0 Å². The van der Waals surface area contributed by atoms with Crippen LogP contribution in [-0.2, 0) is 0 Å². The Hall–Kier alpha value is -2.53. The van der Waals surface area contributed by atoms with Gasteiger partial charge in [-0.1, -0.05) is 72.8 Å². The molecule has 5 rings (SSSR count). The fraction of sp³-hybridized carbons (Fsp3) is 0.379. The van der Waals surface area contributed by atoms with Crippen LogP contribution in [-0.4, -0.2) is 53.2 Å². The van der Waals surface area contributed by atoms with Crippen LogP contribution >= 0.6 is 0 Å². The van der Waals surface area contributed by atoms with Gasteiger partial charge < -0.3 is 5.11 Å². The van der Waals surface area contributed by atoms with E-state index in [1.54, 1.807) is 12.1 Å². The summed E-state index contributed by atoms with van der Waals surface area (Å²) in [6.45, 7) is 4.06. The van der Waals surface area contributed by atoms with Crippen LogP contribution in [0.3, 0.4) is 0 Å². The Morgan fingerprint density at radius 1 is 0.788 bits per heavy atom. The SMILES string of the molecule is O[C@@H](CCN1CCN2C[C@H]1CC[C@@H]2C(c1ccccc1)c1ccccc1)c1ccc(F)cc1. The van der Waals surface area contributed by atoms with Crippen molar-refractivity contribution >= 4 is 0 Å². The maximum atomic E-state index is 13.2. The molecule has 0 radical (unpaired) electrons. The number of rotatable bonds is 7. The zero-order valence-corrected chi connectivity index (χ0v) is 19.1. The number of aliphatic hydroxyl groups is 1. The Morgan fingerprint density at radius 3 is 2.06 bits per heavy atom. The first kappa shape index (κ1) is 22.3. The Bertz CT molecular complexity index is 971. The molecule has 3 aromatic rings. The van der Waals surface area contributed by atoms with Gasteiger partial charge in [-0.3, -0.25) is 9.80 Å². The first-order valence-corrected chi connectivity index (χ1v) is 12.2. The molecule has 2 fully saturated rings. The maximum absolute atomic E-state index is 13.2. The molecule has 1 N–H and O–H groups in total. The molecule has 3 nitrogen and oxygen atoms in total. The van der Waals surface area contributed by atoms with Crippen molar-refractivity contribution in [2.45, 2.75) is 43.4 Å². The first-order chi connectivity index (χ1) is 16.2. The molecule has 0 aromatic heterocycles. The van der Waals surface area contributed by atoms with Crippen LogP contribution in [0.25, 0.3) is 0 Å². The number of piperidine rings is 1. The molecule has 2 aliphatic heterocycles. The molecule has 3 aromatic carbocycles. The van der Waals surface area contributed by atoms with Crippen molar-refractivity contribution in [3.05, 3.63) is 107 Å². The lowest BCUT2D eigenvalue weighted by atomic mass is 9.79. The monoisotopic (exact) mass is 444 g/mol. The van der Waals surface area contributed by atoms with E-state index in [0.29, 0.717) is 24.4 Å². The number of hydrogen-bond acceptors (Lipinski definition) is 3. The van der Waals surface area contributed by atoms with Gasteiger partial charge in [-0.25, -0.2) is 4.39 Å². The topological polar surface area (TPSA) is 26.7 Å². The number of aliphatic hydroxyl groups excluding tert-OH is 1. The van der Waals surface area contributed by atoms with E-state index >= 15 is 0 Å². The first-order valence-electron chi connectivity index (χ1n) is 12.2. The van der Waals surface area contributed by atoms with Crippen LogP contribution in [0.1, 0.15) is 48.0 Å². The zero-order valence-electron chi connectivity index (χ0n) is 19.1. The number of benzene rings is 3. The standard InChI is InChI=1S/C29H33FN2O/c30-25-13-11-22(12-14-25)28(33)17-18-31-19-20-32-21-26(31)15-16-27(32)29(23-7-3-1-4-8-23)24-9-5-2-6-10-24/h1-14,26-29,33H,15-21H2/t26-,27-,28+/m1/s1. The quantitative estimate of drug-likeness (QED) is 0.541. The van der Waals surface area contributed by atoms with Crippen LogP contribution in [0.4, 0.5) is 4.39 Å². The number of nitrogens with zero attached hydrogens (tertiary/aromatic N) is 2. The Morgan fingerprint density at radius 2 is 1.42 bits per heavy atom. The van der Waals surface area contributed by atoms with Crippen LogP contribution in [0, 0.1) is 5.82 Å². The summed E-state index contributed by atoms with van der Waals surface area (Å²) >= 11 is 0. The van der Waals surface area contributed by atoms with Gasteiger partial charge in [0.05, 0.1) is 6.10 Å². The van der Waals surface area contributed by atoms with Crippen molar-refractivity contribution in [1.29, 1.82) is 0 Å². The van der Waals surface area contributed by atoms with Gasteiger partial charge in [-0.05, 0) is 48.1 Å². The highest BCUT2D eigenvalue weighted by atomic mass is 19.1. The summed E-state index contributed by atoms with van der Waals surface area (Å²) in [5.74, 6) is 0.128. The van der Waals surface area contributed by atoms with E-state index in [1.165, 1.54) is 36.1 Å². The van der Waals surface area contributed by atoms with E-state index in [2.05, 4.69) is 70.5 Å². The molecule has 2 saturated heterocycles. The van der Waals surface area contributed by atoms with Gasteiger partial charge in [0.1, 0.15) is 5.82 Å². The smallest absolute Gasteiger partial charge is 0.123 e. The molecule has 33 heavy (non-hydrogen) atoms. The van der Waals surface area contributed by atoms with E-state index in [9.17, 15) is 9.50 Å². The van der Waals surface area contributed by atoms with E-state index in [-0.39, 0.29) is 5.82 Å². The number of hydrogen-bond donors (Lipinski definition) is 1. The molecular weight excluding hydrogens is 411 g/mol. The predicted octanol–water partition coefficient (Wildman–Crippen LogP) is 5.23. The van der Waals surface area contributed by atoms with Crippen molar-refractivity contribution in [3.8, 4) is 0 Å². The largest absolute Gasteiger partial charge is 0.388 e. The van der Waals surface area contributed by atoms with Crippen molar-refractivity contribution in [2.75, 3.05) is 26.2 Å². The summed E-state index contributed by atoms with van der Waals surface area (Å²) in [7, 11) is 0. The van der Waals surface area contributed by atoms with Crippen LogP contribution in [0.2, 0.25) is 0 Å². The molecule has 0 amide bonds. The molecule has 0 aliphatic carbocycles. The summed E-state index contributed by atoms with van der Waals surface area (Å²) in [5, 5.41) is 10.6. The third-order valence-electron chi connectivity index (χ3n) is 7.55. The summed E-state index contributed by atoms with van der Waals surface area (Å²) in [4.78, 5) is 5.26. The van der Waals surface area contributed by atoms with E-state index in [1.807, 2.05) is 0 Å². The third-order valence-corrected chi connectivity index (χ3v) is 7.55. The molecule has 0 spiro atoms. The summed E-state index contributed by atoms with van der Waals surface area (Å²) in [6, 6.07) is 29.2. The van der Waals surface area contributed by atoms with Gasteiger partial charge in [-0.15, -0.1) is 0 Å². The number of piperazine rings is 1. The lowest BCUT2D eigenvalue weighted by Gasteiger charge is -2.51. The Balaban J connectivity index is 1.25. The Kier molecular flexibility index (Phi) is 6.86. The minimum atomic E-state index is -0.541. The second kappa shape index (κ2) is 10.2. The molecule has 0 saturated carbocycles. The average molecular weight is 445 g/mol. The molecule has 1 unspecified atom stereocenters. The maximum Gasteiger partial charge on any atom is 0.123 e. The molecule has 2 heterocycles.